The van der Waals surface area contributed by atoms with Gasteiger partial charge in [0.2, 0.25) is 0 Å². The van der Waals surface area contributed by atoms with E-state index in [4.69, 9.17) is 15.4 Å². The third kappa shape index (κ3) is 4.38. The number of hydrazine groups is 1. The van der Waals surface area contributed by atoms with E-state index in [0.717, 1.165) is 5.56 Å². The summed E-state index contributed by atoms with van der Waals surface area (Å²) in [6, 6.07) is 13.7. The maximum atomic E-state index is 12.7. The molecule has 4 N–H and O–H groups in total. The smallest absolute Gasteiger partial charge is 0.387 e. The predicted octanol–water partition coefficient (Wildman–Crippen LogP) is 2.49. The second kappa shape index (κ2) is 8.24. The van der Waals surface area contributed by atoms with Crippen molar-refractivity contribution in [2.75, 3.05) is 0 Å². The van der Waals surface area contributed by atoms with Crippen molar-refractivity contribution in [1.82, 2.24) is 10.9 Å². The molecule has 2 aromatic rings. The largest absolute Gasteiger partial charge is 0.485 e. The molecular formula is C19H19F2N3O4. The number of benzene rings is 2. The van der Waals surface area contributed by atoms with Crippen LogP contribution in [0.2, 0.25) is 0 Å². The van der Waals surface area contributed by atoms with Crippen molar-refractivity contribution in [2.24, 2.45) is 5.84 Å². The van der Waals surface area contributed by atoms with Gasteiger partial charge in [0, 0.05) is 5.56 Å². The van der Waals surface area contributed by atoms with Gasteiger partial charge in [0.05, 0.1) is 5.70 Å². The molecule has 0 saturated carbocycles. The Balaban J connectivity index is 1.87. The van der Waals surface area contributed by atoms with Crippen molar-refractivity contribution in [3.63, 3.8) is 0 Å². The lowest BCUT2D eigenvalue weighted by atomic mass is 10.0. The summed E-state index contributed by atoms with van der Waals surface area (Å²) in [6.45, 7) is -1.30. The lowest BCUT2D eigenvalue weighted by molar-refractivity contribution is -0.141. The first kappa shape index (κ1) is 19.6. The molecule has 7 nitrogen and oxygen atoms in total. The molecule has 0 aromatic heterocycles. The monoisotopic (exact) mass is 391 g/mol. The molecule has 0 aliphatic carbocycles. The number of halogens is 2. The van der Waals surface area contributed by atoms with E-state index in [0.29, 0.717) is 11.3 Å². The molecule has 0 saturated heterocycles. The Kier molecular flexibility index (Phi) is 5.76. The fourth-order valence-corrected chi connectivity index (χ4v) is 2.61. The molecule has 148 valence electrons. The van der Waals surface area contributed by atoms with Gasteiger partial charge in [-0.15, -0.1) is 0 Å². The molecule has 28 heavy (non-hydrogen) atoms. The van der Waals surface area contributed by atoms with Gasteiger partial charge in [0.25, 0.3) is 5.91 Å². The number of rotatable bonds is 7. The maximum absolute atomic E-state index is 12.7. The number of alkyl halides is 2. The molecule has 1 heterocycles. The number of carbonyl (C=O) groups excluding carboxylic acids is 1. The van der Waals surface area contributed by atoms with Gasteiger partial charge in [0.15, 0.2) is 17.1 Å². The molecule has 0 radical (unpaired) electrons. The van der Waals surface area contributed by atoms with Gasteiger partial charge in [0.1, 0.15) is 6.61 Å². The van der Waals surface area contributed by atoms with E-state index in [9.17, 15) is 13.6 Å². The lowest BCUT2D eigenvalue weighted by Gasteiger charge is -2.16. The van der Waals surface area contributed by atoms with Crippen LogP contribution in [0.15, 0.2) is 54.6 Å². The van der Waals surface area contributed by atoms with Crippen molar-refractivity contribution in [3.8, 4) is 11.5 Å². The van der Waals surface area contributed by atoms with Crippen molar-refractivity contribution in [1.29, 1.82) is 0 Å². The standard InChI is InChI=1S/C19H19F2N3O4/c1-19(17(25)23-22)10-14(24-28-19)13-7-8-15(27-18(20)21)16(9-13)26-11-12-5-3-2-4-6-12/h2-10,18,24H,11,22H2,1H3,(H,23,25). The van der Waals surface area contributed by atoms with Crippen molar-refractivity contribution >= 4 is 11.6 Å². The van der Waals surface area contributed by atoms with Gasteiger partial charge >= 0.3 is 6.61 Å². The average molecular weight is 391 g/mol. The van der Waals surface area contributed by atoms with Crippen LogP contribution in [-0.4, -0.2) is 18.1 Å². The lowest BCUT2D eigenvalue weighted by Crippen LogP contribution is -2.47. The SMILES string of the molecule is CC1(C(=O)NN)C=C(c2ccc(OC(F)F)c(OCc3ccccc3)c2)NO1. The van der Waals surface area contributed by atoms with Crippen LogP contribution in [0.1, 0.15) is 18.1 Å². The fourth-order valence-electron chi connectivity index (χ4n) is 2.61. The van der Waals surface area contributed by atoms with E-state index >= 15 is 0 Å². The summed E-state index contributed by atoms with van der Waals surface area (Å²) in [5.74, 6) is 4.64. The number of hydrogen-bond acceptors (Lipinski definition) is 6. The highest BCUT2D eigenvalue weighted by Crippen LogP contribution is 2.34. The molecule has 0 spiro atoms. The van der Waals surface area contributed by atoms with Crippen LogP contribution in [0, 0.1) is 0 Å². The molecule has 0 fully saturated rings. The van der Waals surface area contributed by atoms with Gasteiger partial charge in [-0.25, -0.2) is 5.84 Å². The van der Waals surface area contributed by atoms with E-state index in [1.54, 1.807) is 6.07 Å². The number of hydrogen-bond donors (Lipinski definition) is 3. The van der Waals surface area contributed by atoms with Gasteiger partial charge in [-0.2, -0.15) is 8.78 Å². The summed E-state index contributed by atoms with van der Waals surface area (Å²) >= 11 is 0. The van der Waals surface area contributed by atoms with Crippen molar-refractivity contribution in [2.45, 2.75) is 25.7 Å². The Morgan fingerprint density at radius 1 is 1.25 bits per heavy atom. The molecule has 2 aromatic carbocycles. The third-order valence-corrected chi connectivity index (χ3v) is 4.08. The topological polar surface area (TPSA) is 94.8 Å². The number of nitrogens with two attached hydrogens (primary N) is 1. The van der Waals surface area contributed by atoms with Crippen molar-refractivity contribution < 1.29 is 27.9 Å². The summed E-state index contributed by atoms with van der Waals surface area (Å²) in [5.41, 5.74) is 5.23. The van der Waals surface area contributed by atoms with Crippen molar-refractivity contribution in [3.05, 3.63) is 65.7 Å². The molecular weight excluding hydrogens is 372 g/mol. The zero-order chi connectivity index (χ0) is 20.1. The Labute approximate surface area is 160 Å². The second-order valence-corrected chi connectivity index (χ2v) is 6.16. The average Bonchev–Trinajstić information content (AvgIpc) is 3.10. The first-order valence-electron chi connectivity index (χ1n) is 8.35. The zero-order valence-corrected chi connectivity index (χ0v) is 14.9. The number of ether oxygens (including phenoxy) is 2. The minimum absolute atomic E-state index is 0.100. The van der Waals surface area contributed by atoms with Crippen LogP contribution in [0.25, 0.3) is 5.70 Å². The highest BCUT2D eigenvalue weighted by atomic mass is 19.3. The molecule has 1 aliphatic rings. The molecule has 9 heteroatoms. The second-order valence-electron chi connectivity index (χ2n) is 6.16. The molecule has 1 amide bonds. The zero-order valence-electron chi connectivity index (χ0n) is 14.9. The Hall–Kier alpha value is -3.17. The summed E-state index contributed by atoms with van der Waals surface area (Å²) in [4.78, 5) is 17.1. The minimum atomic E-state index is -2.99. The number of amides is 1. The van der Waals surface area contributed by atoms with Crippen LogP contribution >= 0.6 is 0 Å². The number of carbonyl (C=O) groups is 1. The van der Waals surface area contributed by atoms with Crippen LogP contribution in [-0.2, 0) is 16.2 Å². The molecule has 0 bridgehead atoms. The highest BCUT2D eigenvalue weighted by Gasteiger charge is 2.38. The molecule has 1 unspecified atom stereocenters. The van der Waals surface area contributed by atoms with Crippen LogP contribution in [0.3, 0.4) is 0 Å². The van der Waals surface area contributed by atoms with Gasteiger partial charge in [-0.3, -0.25) is 20.5 Å². The number of hydroxylamine groups is 1. The van der Waals surface area contributed by atoms with E-state index in [1.165, 1.54) is 25.1 Å². The Morgan fingerprint density at radius 2 is 2.00 bits per heavy atom. The first-order valence-corrected chi connectivity index (χ1v) is 8.35. The summed E-state index contributed by atoms with van der Waals surface area (Å²) in [5, 5.41) is 0. The normalized spacial score (nSPS) is 18.4. The van der Waals surface area contributed by atoms with Gasteiger partial charge < -0.3 is 9.47 Å². The third-order valence-electron chi connectivity index (χ3n) is 4.08. The van der Waals surface area contributed by atoms with E-state index in [1.807, 2.05) is 35.8 Å². The summed E-state index contributed by atoms with van der Waals surface area (Å²) in [7, 11) is 0. The fraction of sp³-hybridized carbons (Fsp3) is 0.211. The Morgan fingerprint density at radius 3 is 2.68 bits per heavy atom. The van der Waals surface area contributed by atoms with Crippen LogP contribution < -0.4 is 26.2 Å². The maximum Gasteiger partial charge on any atom is 0.387 e. The first-order chi connectivity index (χ1) is 13.4. The minimum Gasteiger partial charge on any atom is -0.485 e. The van der Waals surface area contributed by atoms with Crippen LogP contribution in [0.4, 0.5) is 8.78 Å². The van der Waals surface area contributed by atoms with E-state index < -0.39 is 18.1 Å². The Bertz CT molecular complexity index is 877. The molecule has 1 atom stereocenters. The van der Waals surface area contributed by atoms with Gasteiger partial charge in [-0.1, -0.05) is 30.3 Å². The van der Waals surface area contributed by atoms with Gasteiger partial charge in [-0.05, 0) is 36.8 Å². The molecule has 3 rings (SSSR count). The summed E-state index contributed by atoms with van der Waals surface area (Å²) in [6.07, 6.45) is 1.53. The van der Waals surface area contributed by atoms with E-state index in [-0.39, 0.29) is 18.1 Å². The van der Waals surface area contributed by atoms with Crippen LogP contribution in [0.5, 0.6) is 11.5 Å². The number of nitrogens with one attached hydrogen (secondary N) is 2. The summed E-state index contributed by atoms with van der Waals surface area (Å²) < 4.78 is 35.7. The van der Waals surface area contributed by atoms with E-state index in [2.05, 4.69) is 10.2 Å². The highest BCUT2D eigenvalue weighted by molar-refractivity contribution is 5.89. The quantitative estimate of drug-likeness (QED) is 0.381. The predicted molar refractivity (Wildman–Crippen MR) is 96.8 cm³/mol. The molecule has 1 aliphatic heterocycles.